The molecule has 0 aromatic carbocycles. The van der Waals surface area contributed by atoms with Gasteiger partial charge in [-0.1, -0.05) is 74.9 Å². The predicted octanol–water partition coefficient (Wildman–Crippen LogP) is 5.91. The maximum absolute atomic E-state index is 8.40. The Kier molecular flexibility index (Phi) is 16.5. The molecule has 126 valence electrons. The van der Waals surface area contributed by atoms with Gasteiger partial charge in [-0.3, -0.25) is 0 Å². The molecule has 0 aliphatic heterocycles. The molecular weight excluding hydrogens is 280 g/mol. The van der Waals surface area contributed by atoms with Crippen molar-refractivity contribution in [2.45, 2.75) is 77.2 Å². The minimum atomic E-state index is -0.399. The van der Waals surface area contributed by atoms with Crippen LogP contribution in [0.4, 0.5) is 0 Å². The van der Waals surface area contributed by atoms with Gasteiger partial charge in [0.1, 0.15) is 0 Å². The van der Waals surface area contributed by atoms with Crippen molar-refractivity contribution in [2.75, 3.05) is 19.8 Å². The van der Waals surface area contributed by atoms with E-state index in [1.54, 1.807) is 0 Å². The molecule has 0 aliphatic carbocycles. The summed E-state index contributed by atoms with van der Waals surface area (Å²) < 4.78 is 5.47. The Morgan fingerprint density at radius 2 is 1.45 bits per heavy atom. The molecule has 7 heteroatoms. The van der Waals surface area contributed by atoms with Gasteiger partial charge in [0.25, 0.3) is 0 Å². The minimum Gasteiger partial charge on any atom is -0.381 e. The standard InChI is InChI=1S/C15H30N6O/c1-2-3-4-5-6-7-8-9-10-11-12-22-14-15(19-21-17)13-18-20-16/h15H,2-14H2,1H3. The third-order valence-corrected chi connectivity index (χ3v) is 3.52. The molecular formula is C15H30N6O. The molecule has 0 bridgehead atoms. The molecule has 22 heavy (non-hydrogen) atoms. The van der Waals surface area contributed by atoms with Crippen molar-refractivity contribution < 1.29 is 4.74 Å². The third kappa shape index (κ3) is 15.0. The van der Waals surface area contributed by atoms with E-state index in [0.717, 1.165) is 6.42 Å². The van der Waals surface area contributed by atoms with Crippen LogP contribution in [0.25, 0.3) is 20.9 Å². The van der Waals surface area contributed by atoms with Crippen molar-refractivity contribution in [3.8, 4) is 0 Å². The molecule has 0 saturated carbocycles. The van der Waals surface area contributed by atoms with Gasteiger partial charge < -0.3 is 4.74 Å². The highest BCUT2D eigenvalue weighted by atomic mass is 16.5. The molecule has 0 saturated heterocycles. The van der Waals surface area contributed by atoms with Crippen LogP contribution < -0.4 is 0 Å². The summed E-state index contributed by atoms with van der Waals surface area (Å²) in [6.07, 6.45) is 12.9. The van der Waals surface area contributed by atoms with Gasteiger partial charge in [-0.05, 0) is 17.5 Å². The number of nitrogens with zero attached hydrogens (tertiary/aromatic N) is 6. The average Bonchev–Trinajstić information content (AvgIpc) is 2.53. The fourth-order valence-corrected chi connectivity index (χ4v) is 2.24. The van der Waals surface area contributed by atoms with Crippen LogP contribution in [-0.4, -0.2) is 25.8 Å². The summed E-state index contributed by atoms with van der Waals surface area (Å²) in [5, 5.41) is 6.94. The van der Waals surface area contributed by atoms with Crippen LogP contribution in [0.15, 0.2) is 10.2 Å². The Morgan fingerprint density at radius 3 is 2.00 bits per heavy atom. The van der Waals surface area contributed by atoms with E-state index in [0.29, 0.717) is 13.2 Å². The van der Waals surface area contributed by atoms with Crippen LogP contribution in [0.1, 0.15) is 71.1 Å². The maximum Gasteiger partial charge on any atom is 0.0663 e. The van der Waals surface area contributed by atoms with E-state index in [2.05, 4.69) is 27.0 Å². The number of azide groups is 2. The van der Waals surface area contributed by atoms with Crippen molar-refractivity contribution in [2.24, 2.45) is 10.2 Å². The summed E-state index contributed by atoms with van der Waals surface area (Å²) in [6.45, 7) is 3.39. The van der Waals surface area contributed by atoms with Gasteiger partial charge in [0.15, 0.2) is 0 Å². The Hall–Kier alpha value is -1.42. The van der Waals surface area contributed by atoms with E-state index in [1.807, 2.05) is 0 Å². The lowest BCUT2D eigenvalue weighted by atomic mass is 10.1. The van der Waals surface area contributed by atoms with Crippen molar-refractivity contribution >= 4 is 0 Å². The van der Waals surface area contributed by atoms with Gasteiger partial charge in [-0.2, -0.15) is 0 Å². The molecule has 0 radical (unpaired) electrons. The molecule has 0 rings (SSSR count). The second-order valence-corrected chi connectivity index (χ2v) is 5.53. The summed E-state index contributed by atoms with van der Waals surface area (Å²) in [4.78, 5) is 5.38. The normalized spacial score (nSPS) is 11.5. The predicted molar refractivity (Wildman–Crippen MR) is 89.6 cm³/mol. The molecule has 0 N–H and O–H groups in total. The SMILES string of the molecule is CCCCCCCCCCCCOCC(CN=[N+]=[N-])N=[N+]=[N-]. The van der Waals surface area contributed by atoms with Crippen LogP contribution >= 0.6 is 0 Å². The largest absolute Gasteiger partial charge is 0.381 e. The van der Waals surface area contributed by atoms with Crippen LogP contribution in [-0.2, 0) is 4.74 Å². The van der Waals surface area contributed by atoms with Gasteiger partial charge >= 0.3 is 0 Å². The quantitative estimate of drug-likeness (QED) is 0.150. The van der Waals surface area contributed by atoms with Crippen LogP contribution in [0.5, 0.6) is 0 Å². The Balaban J connectivity index is 3.34. The van der Waals surface area contributed by atoms with E-state index < -0.39 is 6.04 Å². The highest BCUT2D eigenvalue weighted by molar-refractivity contribution is 4.69. The molecule has 0 spiro atoms. The van der Waals surface area contributed by atoms with Crippen molar-refractivity contribution in [1.82, 2.24) is 0 Å². The molecule has 0 aliphatic rings. The summed E-state index contributed by atoms with van der Waals surface area (Å²) in [5.74, 6) is 0. The van der Waals surface area contributed by atoms with E-state index in [9.17, 15) is 0 Å². The molecule has 0 amide bonds. The highest BCUT2D eigenvalue weighted by Gasteiger charge is 2.04. The van der Waals surface area contributed by atoms with Gasteiger partial charge in [-0.25, -0.2) is 0 Å². The zero-order valence-electron chi connectivity index (χ0n) is 13.9. The monoisotopic (exact) mass is 310 g/mol. The lowest BCUT2D eigenvalue weighted by Gasteiger charge is -2.08. The van der Waals surface area contributed by atoms with Crippen molar-refractivity contribution in [3.63, 3.8) is 0 Å². The third-order valence-electron chi connectivity index (χ3n) is 3.52. The molecule has 0 fully saturated rings. The van der Waals surface area contributed by atoms with Crippen molar-refractivity contribution in [1.29, 1.82) is 0 Å². The van der Waals surface area contributed by atoms with Gasteiger partial charge in [0.2, 0.25) is 0 Å². The van der Waals surface area contributed by atoms with E-state index >= 15 is 0 Å². The molecule has 7 nitrogen and oxygen atoms in total. The van der Waals surface area contributed by atoms with Gasteiger partial charge in [-0.15, -0.1) is 0 Å². The zero-order valence-corrected chi connectivity index (χ0v) is 13.9. The first-order chi connectivity index (χ1) is 10.8. The fourth-order valence-electron chi connectivity index (χ4n) is 2.24. The Morgan fingerprint density at radius 1 is 0.864 bits per heavy atom. The second-order valence-electron chi connectivity index (χ2n) is 5.53. The first-order valence-electron chi connectivity index (χ1n) is 8.48. The molecule has 0 aromatic heterocycles. The number of unbranched alkanes of at least 4 members (excludes halogenated alkanes) is 9. The smallest absolute Gasteiger partial charge is 0.0663 e. The first-order valence-corrected chi connectivity index (χ1v) is 8.48. The van der Waals surface area contributed by atoms with E-state index in [1.165, 1.54) is 57.8 Å². The lowest BCUT2D eigenvalue weighted by Crippen LogP contribution is -2.16. The molecule has 0 aromatic rings. The summed E-state index contributed by atoms with van der Waals surface area (Å²) >= 11 is 0. The molecule has 0 heterocycles. The number of rotatable bonds is 16. The van der Waals surface area contributed by atoms with Gasteiger partial charge in [0, 0.05) is 23.0 Å². The Labute approximate surface area is 133 Å². The minimum absolute atomic E-state index is 0.151. The highest BCUT2D eigenvalue weighted by Crippen LogP contribution is 2.10. The van der Waals surface area contributed by atoms with E-state index in [4.69, 9.17) is 15.8 Å². The maximum atomic E-state index is 8.40. The van der Waals surface area contributed by atoms with E-state index in [-0.39, 0.29) is 6.54 Å². The Bertz CT molecular complexity index is 337. The number of hydrogen-bond acceptors (Lipinski definition) is 3. The number of ether oxygens (including phenoxy) is 1. The lowest BCUT2D eigenvalue weighted by molar-refractivity contribution is 0.118. The number of hydrogen-bond donors (Lipinski definition) is 0. The molecule has 1 atom stereocenters. The van der Waals surface area contributed by atoms with Crippen molar-refractivity contribution in [3.05, 3.63) is 20.9 Å². The van der Waals surface area contributed by atoms with Crippen LogP contribution in [0.3, 0.4) is 0 Å². The van der Waals surface area contributed by atoms with Gasteiger partial charge in [0.05, 0.1) is 12.6 Å². The van der Waals surface area contributed by atoms with Crippen LogP contribution in [0, 0.1) is 0 Å². The summed E-state index contributed by atoms with van der Waals surface area (Å²) in [5.41, 5.74) is 16.6. The molecule has 1 unspecified atom stereocenters. The van der Waals surface area contributed by atoms with Crippen LogP contribution in [0.2, 0.25) is 0 Å². The second kappa shape index (κ2) is 17.6. The topological polar surface area (TPSA) is 107 Å². The zero-order chi connectivity index (χ0) is 16.3. The summed E-state index contributed by atoms with van der Waals surface area (Å²) in [7, 11) is 0. The average molecular weight is 310 g/mol. The fraction of sp³-hybridized carbons (Fsp3) is 1.00. The summed E-state index contributed by atoms with van der Waals surface area (Å²) in [6, 6.07) is -0.399. The first kappa shape index (κ1) is 20.6.